The molecule has 0 aromatic heterocycles. The van der Waals surface area contributed by atoms with Gasteiger partial charge < -0.3 is 20.3 Å². The van der Waals surface area contributed by atoms with Crippen molar-refractivity contribution in [2.24, 2.45) is 0 Å². The molecule has 1 saturated heterocycles. The second-order valence-corrected chi connectivity index (χ2v) is 3.53. The van der Waals surface area contributed by atoms with E-state index >= 15 is 0 Å². The molecule has 0 radical (unpaired) electrons. The lowest BCUT2D eigenvalue weighted by atomic mass is 10.2. The number of hydrogen-bond acceptors (Lipinski definition) is 4. The standard InChI is InChI=1S/C9H15NO5/c11-8(12)4-7(9(13)14)10-5-6-2-1-3-15-6/h6-7,10H,1-5H2,(H,11,12)(H,13,14). The van der Waals surface area contributed by atoms with Gasteiger partial charge in [-0.1, -0.05) is 0 Å². The van der Waals surface area contributed by atoms with Crippen LogP contribution in [0.3, 0.4) is 0 Å². The zero-order valence-electron chi connectivity index (χ0n) is 8.31. The Morgan fingerprint density at radius 2 is 2.20 bits per heavy atom. The van der Waals surface area contributed by atoms with Gasteiger partial charge in [-0.05, 0) is 12.8 Å². The normalized spacial score (nSPS) is 22.5. The molecule has 0 amide bonds. The van der Waals surface area contributed by atoms with E-state index in [4.69, 9.17) is 14.9 Å². The van der Waals surface area contributed by atoms with E-state index in [1.807, 2.05) is 0 Å². The van der Waals surface area contributed by atoms with Crippen molar-refractivity contribution in [2.45, 2.75) is 31.4 Å². The molecule has 15 heavy (non-hydrogen) atoms. The van der Waals surface area contributed by atoms with E-state index in [0.29, 0.717) is 13.2 Å². The molecule has 2 unspecified atom stereocenters. The van der Waals surface area contributed by atoms with E-state index in [2.05, 4.69) is 5.32 Å². The van der Waals surface area contributed by atoms with Crippen LogP contribution in [0.1, 0.15) is 19.3 Å². The summed E-state index contributed by atoms with van der Waals surface area (Å²) in [7, 11) is 0. The predicted molar refractivity (Wildman–Crippen MR) is 50.7 cm³/mol. The first-order chi connectivity index (χ1) is 7.09. The van der Waals surface area contributed by atoms with E-state index in [0.717, 1.165) is 12.8 Å². The van der Waals surface area contributed by atoms with Crippen LogP contribution in [-0.4, -0.2) is 47.4 Å². The van der Waals surface area contributed by atoms with Crippen molar-refractivity contribution in [1.29, 1.82) is 0 Å². The Morgan fingerprint density at radius 3 is 2.67 bits per heavy atom. The van der Waals surface area contributed by atoms with Gasteiger partial charge in [-0.3, -0.25) is 9.59 Å². The van der Waals surface area contributed by atoms with Gasteiger partial charge in [-0.2, -0.15) is 0 Å². The van der Waals surface area contributed by atoms with Crippen LogP contribution in [0.15, 0.2) is 0 Å². The molecule has 6 nitrogen and oxygen atoms in total. The first-order valence-corrected chi connectivity index (χ1v) is 4.89. The molecule has 6 heteroatoms. The van der Waals surface area contributed by atoms with Crippen molar-refractivity contribution in [3.63, 3.8) is 0 Å². The minimum atomic E-state index is -1.14. The van der Waals surface area contributed by atoms with E-state index in [9.17, 15) is 9.59 Å². The second-order valence-electron chi connectivity index (χ2n) is 3.53. The molecule has 0 aliphatic carbocycles. The van der Waals surface area contributed by atoms with Crippen molar-refractivity contribution in [3.05, 3.63) is 0 Å². The molecule has 1 fully saturated rings. The Bertz CT molecular complexity index is 237. The Labute approximate surface area is 87.2 Å². The lowest BCUT2D eigenvalue weighted by Crippen LogP contribution is -2.42. The van der Waals surface area contributed by atoms with Gasteiger partial charge in [0.2, 0.25) is 0 Å². The molecule has 0 aromatic carbocycles. The number of hydrogen-bond donors (Lipinski definition) is 3. The van der Waals surface area contributed by atoms with Gasteiger partial charge in [-0.15, -0.1) is 0 Å². The van der Waals surface area contributed by atoms with Crippen molar-refractivity contribution in [3.8, 4) is 0 Å². The fraction of sp³-hybridized carbons (Fsp3) is 0.778. The van der Waals surface area contributed by atoms with Crippen molar-refractivity contribution >= 4 is 11.9 Å². The largest absolute Gasteiger partial charge is 0.481 e. The minimum Gasteiger partial charge on any atom is -0.481 e. The molecule has 0 spiro atoms. The summed E-state index contributed by atoms with van der Waals surface area (Å²) in [5.74, 6) is -2.27. The van der Waals surface area contributed by atoms with Crippen LogP contribution in [0, 0.1) is 0 Å². The molecule has 0 aromatic rings. The summed E-state index contributed by atoms with van der Waals surface area (Å²) in [6.45, 7) is 1.09. The lowest BCUT2D eigenvalue weighted by Gasteiger charge is -2.15. The van der Waals surface area contributed by atoms with Gasteiger partial charge in [-0.25, -0.2) is 0 Å². The minimum absolute atomic E-state index is 0.0145. The molecule has 0 saturated carbocycles. The van der Waals surface area contributed by atoms with Gasteiger partial charge in [0.1, 0.15) is 6.04 Å². The van der Waals surface area contributed by atoms with Crippen molar-refractivity contribution < 1.29 is 24.5 Å². The van der Waals surface area contributed by atoms with Crippen LogP contribution in [0.5, 0.6) is 0 Å². The highest BCUT2D eigenvalue weighted by Gasteiger charge is 2.23. The van der Waals surface area contributed by atoms with Crippen molar-refractivity contribution in [1.82, 2.24) is 5.32 Å². The molecule has 1 aliphatic rings. The summed E-state index contributed by atoms with van der Waals surface area (Å²) in [4.78, 5) is 21.0. The SMILES string of the molecule is O=C(O)CC(NCC1CCCO1)C(=O)O. The zero-order valence-corrected chi connectivity index (χ0v) is 8.31. The number of aliphatic carboxylic acids is 2. The first-order valence-electron chi connectivity index (χ1n) is 4.89. The van der Waals surface area contributed by atoms with Gasteiger partial charge in [0.25, 0.3) is 0 Å². The molecular weight excluding hydrogens is 202 g/mol. The smallest absolute Gasteiger partial charge is 0.321 e. The number of carbonyl (C=O) groups is 2. The van der Waals surface area contributed by atoms with Crippen molar-refractivity contribution in [2.75, 3.05) is 13.2 Å². The predicted octanol–water partition coefficient (Wildman–Crippen LogP) is -0.317. The van der Waals surface area contributed by atoms with Crippen LogP contribution >= 0.6 is 0 Å². The Hall–Kier alpha value is -1.14. The summed E-state index contributed by atoms with van der Waals surface area (Å²) >= 11 is 0. The highest BCUT2D eigenvalue weighted by atomic mass is 16.5. The molecule has 1 aliphatic heterocycles. The van der Waals surface area contributed by atoms with Crippen LogP contribution in [-0.2, 0) is 14.3 Å². The maximum atomic E-state index is 10.7. The Balaban J connectivity index is 2.30. The topological polar surface area (TPSA) is 95.9 Å². The molecule has 1 heterocycles. The average molecular weight is 217 g/mol. The number of nitrogens with one attached hydrogen (secondary N) is 1. The van der Waals surface area contributed by atoms with Crippen LogP contribution in [0.4, 0.5) is 0 Å². The summed E-state index contributed by atoms with van der Waals surface area (Å²) in [5.41, 5.74) is 0. The van der Waals surface area contributed by atoms with Gasteiger partial charge >= 0.3 is 11.9 Å². The number of rotatable bonds is 6. The van der Waals surface area contributed by atoms with Gasteiger partial charge in [0.05, 0.1) is 12.5 Å². The highest BCUT2D eigenvalue weighted by Crippen LogP contribution is 2.11. The summed E-state index contributed by atoms with van der Waals surface area (Å²) in [6, 6.07) is -1.04. The Kier molecular flexibility index (Phi) is 4.51. The molecule has 0 bridgehead atoms. The van der Waals surface area contributed by atoms with Crippen LogP contribution < -0.4 is 5.32 Å². The third kappa shape index (κ3) is 4.26. The van der Waals surface area contributed by atoms with E-state index in [1.165, 1.54) is 0 Å². The lowest BCUT2D eigenvalue weighted by molar-refractivity contribution is -0.146. The number of carboxylic acids is 2. The highest BCUT2D eigenvalue weighted by molar-refractivity contribution is 5.80. The molecule has 2 atom stereocenters. The van der Waals surface area contributed by atoms with Crippen LogP contribution in [0.25, 0.3) is 0 Å². The summed E-state index contributed by atoms with van der Waals surface area (Å²) in [6.07, 6.45) is 1.47. The quantitative estimate of drug-likeness (QED) is 0.564. The van der Waals surface area contributed by atoms with Gasteiger partial charge in [0.15, 0.2) is 0 Å². The fourth-order valence-electron chi connectivity index (χ4n) is 1.50. The second kappa shape index (κ2) is 5.67. The maximum Gasteiger partial charge on any atom is 0.321 e. The monoisotopic (exact) mass is 217 g/mol. The third-order valence-corrected chi connectivity index (χ3v) is 2.29. The van der Waals surface area contributed by atoms with Gasteiger partial charge in [0, 0.05) is 13.2 Å². The Morgan fingerprint density at radius 1 is 1.47 bits per heavy atom. The third-order valence-electron chi connectivity index (χ3n) is 2.29. The fourth-order valence-corrected chi connectivity index (χ4v) is 1.50. The molecule has 3 N–H and O–H groups in total. The molecule has 1 rings (SSSR count). The number of carboxylic acid groups (broad SMARTS) is 2. The zero-order chi connectivity index (χ0) is 11.3. The molecular formula is C9H15NO5. The van der Waals surface area contributed by atoms with E-state index in [-0.39, 0.29) is 6.10 Å². The van der Waals surface area contributed by atoms with E-state index in [1.54, 1.807) is 0 Å². The maximum absolute atomic E-state index is 10.7. The molecule has 86 valence electrons. The number of ether oxygens (including phenoxy) is 1. The summed E-state index contributed by atoms with van der Waals surface area (Å²) < 4.78 is 5.29. The first kappa shape index (κ1) is 11.9. The average Bonchev–Trinajstić information content (AvgIpc) is 2.63. The van der Waals surface area contributed by atoms with E-state index < -0.39 is 24.4 Å². The van der Waals surface area contributed by atoms with Crippen LogP contribution in [0.2, 0.25) is 0 Å². The summed E-state index contributed by atoms with van der Waals surface area (Å²) in [5, 5.41) is 19.9.